The van der Waals surface area contributed by atoms with Crippen molar-refractivity contribution in [2.45, 2.75) is 25.9 Å². The first-order valence-electron chi connectivity index (χ1n) is 7.79. The lowest BCUT2D eigenvalue weighted by Gasteiger charge is -2.11. The van der Waals surface area contributed by atoms with Gasteiger partial charge in [0.25, 0.3) is 0 Å². The van der Waals surface area contributed by atoms with E-state index in [1.165, 1.54) is 0 Å². The number of aromatic nitrogens is 2. The summed E-state index contributed by atoms with van der Waals surface area (Å²) < 4.78 is 38.0. The molecule has 0 aliphatic rings. The van der Waals surface area contributed by atoms with Crippen LogP contribution in [0.2, 0.25) is 0 Å². The molecule has 1 atom stereocenters. The molecule has 0 radical (unpaired) electrons. The van der Waals surface area contributed by atoms with Crippen molar-refractivity contribution in [3.8, 4) is 6.07 Å². The van der Waals surface area contributed by atoms with Gasteiger partial charge >= 0.3 is 6.18 Å². The molecule has 1 unspecified atom stereocenters. The number of rotatable bonds is 3. The fourth-order valence-electron chi connectivity index (χ4n) is 2.85. The SMILES string of the molecule is Cc1[nH]c2c(C(=O)C(C#N)c3ccc(C(F)(F)F)cn3)cccc2c1C. The van der Waals surface area contributed by atoms with Gasteiger partial charge in [0.1, 0.15) is 0 Å². The summed E-state index contributed by atoms with van der Waals surface area (Å²) in [7, 11) is 0. The van der Waals surface area contributed by atoms with E-state index < -0.39 is 23.4 Å². The topological polar surface area (TPSA) is 69.5 Å². The molecule has 3 rings (SSSR count). The molecule has 7 heteroatoms. The Morgan fingerprint density at radius 2 is 1.96 bits per heavy atom. The number of aromatic amines is 1. The van der Waals surface area contributed by atoms with Crippen LogP contribution >= 0.6 is 0 Å². The summed E-state index contributed by atoms with van der Waals surface area (Å²) in [5.74, 6) is -1.79. The molecule has 0 fully saturated rings. The number of H-pyrrole nitrogens is 1. The molecule has 0 aliphatic carbocycles. The molecule has 0 amide bonds. The van der Waals surface area contributed by atoms with Crippen LogP contribution in [-0.2, 0) is 6.18 Å². The Morgan fingerprint density at radius 3 is 2.54 bits per heavy atom. The molecule has 26 heavy (non-hydrogen) atoms. The average molecular weight is 357 g/mol. The summed E-state index contributed by atoms with van der Waals surface area (Å²) in [4.78, 5) is 19.7. The van der Waals surface area contributed by atoms with Crippen molar-refractivity contribution in [3.05, 3.63) is 64.6 Å². The zero-order valence-electron chi connectivity index (χ0n) is 14.0. The number of nitrogens with zero attached hydrogens (tertiary/aromatic N) is 2. The number of benzene rings is 1. The van der Waals surface area contributed by atoms with Gasteiger partial charge in [0.2, 0.25) is 0 Å². The minimum Gasteiger partial charge on any atom is -0.358 e. The van der Waals surface area contributed by atoms with Crippen molar-refractivity contribution >= 4 is 16.7 Å². The highest BCUT2D eigenvalue weighted by molar-refractivity contribution is 6.11. The minimum absolute atomic E-state index is 0.0116. The van der Waals surface area contributed by atoms with Gasteiger partial charge in [-0.1, -0.05) is 12.1 Å². The highest BCUT2D eigenvalue weighted by atomic mass is 19.4. The first-order valence-corrected chi connectivity index (χ1v) is 7.79. The lowest BCUT2D eigenvalue weighted by atomic mass is 9.93. The second-order valence-electron chi connectivity index (χ2n) is 6.00. The van der Waals surface area contributed by atoms with E-state index in [0.717, 1.165) is 28.8 Å². The number of hydrogen-bond acceptors (Lipinski definition) is 3. The van der Waals surface area contributed by atoms with Gasteiger partial charge in [-0.05, 0) is 37.6 Å². The number of carbonyl (C=O) groups excluding carboxylic acids is 1. The molecule has 132 valence electrons. The Morgan fingerprint density at radius 1 is 1.23 bits per heavy atom. The smallest absolute Gasteiger partial charge is 0.358 e. The molecule has 1 N–H and O–H groups in total. The molecule has 0 saturated carbocycles. The van der Waals surface area contributed by atoms with E-state index in [2.05, 4.69) is 9.97 Å². The average Bonchev–Trinajstić information content (AvgIpc) is 2.90. The van der Waals surface area contributed by atoms with Crippen LogP contribution in [0.15, 0.2) is 36.5 Å². The molecule has 3 aromatic rings. The number of carbonyl (C=O) groups is 1. The van der Waals surface area contributed by atoms with Crippen molar-refractivity contribution in [1.82, 2.24) is 9.97 Å². The fraction of sp³-hybridized carbons (Fsp3) is 0.211. The predicted molar refractivity (Wildman–Crippen MR) is 89.7 cm³/mol. The zero-order valence-corrected chi connectivity index (χ0v) is 14.0. The normalized spacial score (nSPS) is 12.8. The van der Waals surface area contributed by atoms with Crippen molar-refractivity contribution in [2.75, 3.05) is 0 Å². The van der Waals surface area contributed by atoms with Gasteiger partial charge in [-0.3, -0.25) is 9.78 Å². The van der Waals surface area contributed by atoms with Crippen LogP contribution in [0.25, 0.3) is 10.9 Å². The van der Waals surface area contributed by atoms with Gasteiger partial charge in [0, 0.05) is 22.8 Å². The molecule has 4 nitrogen and oxygen atoms in total. The Hall–Kier alpha value is -3.14. The number of halogens is 3. The summed E-state index contributed by atoms with van der Waals surface area (Å²) in [5.41, 5.74) is 1.88. The number of alkyl halides is 3. The van der Waals surface area contributed by atoms with E-state index >= 15 is 0 Å². The maximum atomic E-state index is 12.9. The number of nitriles is 1. The van der Waals surface area contributed by atoms with Gasteiger partial charge in [-0.15, -0.1) is 0 Å². The van der Waals surface area contributed by atoms with E-state index in [9.17, 15) is 23.2 Å². The third kappa shape index (κ3) is 2.94. The van der Waals surface area contributed by atoms with Gasteiger partial charge < -0.3 is 4.98 Å². The van der Waals surface area contributed by atoms with Gasteiger partial charge in [-0.2, -0.15) is 18.4 Å². The molecular weight excluding hydrogens is 343 g/mol. The molecule has 0 saturated heterocycles. The molecule has 2 heterocycles. The molecular formula is C19H14F3N3O. The second-order valence-corrected chi connectivity index (χ2v) is 6.00. The molecule has 1 aromatic carbocycles. The molecule has 0 spiro atoms. The Kier molecular flexibility index (Phi) is 4.28. The van der Waals surface area contributed by atoms with Crippen LogP contribution in [0.4, 0.5) is 13.2 Å². The van der Waals surface area contributed by atoms with Crippen molar-refractivity contribution in [3.63, 3.8) is 0 Å². The highest BCUT2D eigenvalue weighted by Crippen LogP contribution is 2.31. The largest absolute Gasteiger partial charge is 0.417 e. The van der Waals surface area contributed by atoms with Crippen molar-refractivity contribution in [1.29, 1.82) is 5.26 Å². The maximum absolute atomic E-state index is 12.9. The quantitative estimate of drug-likeness (QED) is 0.692. The highest BCUT2D eigenvalue weighted by Gasteiger charge is 2.32. The van der Waals surface area contributed by atoms with Crippen LogP contribution in [0.5, 0.6) is 0 Å². The Bertz CT molecular complexity index is 1030. The van der Waals surface area contributed by atoms with E-state index in [1.807, 2.05) is 26.0 Å². The lowest BCUT2D eigenvalue weighted by molar-refractivity contribution is -0.137. The number of ketones is 1. The van der Waals surface area contributed by atoms with Crippen molar-refractivity contribution < 1.29 is 18.0 Å². The summed E-state index contributed by atoms with van der Waals surface area (Å²) >= 11 is 0. The zero-order chi connectivity index (χ0) is 19.1. The van der Waals surface area contributed by atoms with Gasteiger partial charge in [-0.25, -0.2) is 0 Å². The molecule has 2 aromatic heterocycles. The van der Waals surface area contributed by atoms with Crippen molar-refractivity contribution in [2.24, 2.45) is 0 Å². The number of hydrogen-bond donors (Lipinski definition) is 1. The second kappa shape index (κ2) is 6.30. The van der Waals surface area contributed by atoms with Crippen LogP contribution in [0, 0.1) is 25.2 Å². The molecule has 0 aliphatic heterocycles. The summed E-state index contributed by atoms with van der Waals surface area (Å²) in [6, 6.07) is 8.91. The first kappa shape index (κ1) is 17.7. The van der Waals surface area contributed by atoms with Gasteiger partial charge in [0.05, 0.1) is 22.8 Å². The van der Waals surface area contributed by atoms with Crippen LogP contribution in [0.3, 0.4) is 0 Å². The summed E-state index contributed by atoms with van der Waals surface area (Å²) in [5, 5.41) is 10.3. The van der Waals surface area contributed by atoms with E-state index in [4.69, 9.17) is 0 Å². The Balaban J connectivity index is 2.03. The minimum atomic E-state index is -4.53. The Labute approximate surface area is 147 Å². The maximum Gasteiger partial charge on any atom is 0.417 e. The predicted octanol–water partition coefficient (Wildman–Crippen LogP) is 4.69. The number of para-hydroxylation sites is 1. The van der Waals surface area contributed by atoms with Crippen LogP contribution < -0.4 is 0 Å². The summed E-state index contributed by atoms with van der Waals surface area (Å²) in [6.07, 6.45) is -3.89. The third-order valence-electron chi connectivity index (χ3n) is 4.41. The monoisotopic (exact) mass is 357 g/mol. The number of nitrogens with one attached hydrogen (secondary N) is 1. The van der Waals surface area contributed by atoms with Crippen LogP contribution in [-0.4, -0.2) is 15.8 Å². The standard InChI is InChI=1S/C19H14F3N3O/c1-10-11(2)25-17-13(10)4-3-5-14(17)18(26)15(8-23)16-7-6-12(9-24-16)19(20,21)22/h3-7,9,15,25H,1-2H3. The number of aryl methyl sites for hydroxylation is 2. The first-order chi connectivity index (χ1) is 12.2. The number of fused-ring (bicyclic) bond motifs is 1. The van der Waals surface area contributed by atoms with E-state index in [1.54, 1.807) is 12.1 Å². The molecule has 0 bridgehead atoms. The van der Waals surface area contributed by atoms with Gasteiger partial charge in [0.15, 0.2) is 11.7 Å². The van der Waals surface area contributed by atoms with Crippen LogP contribution in [0.1, 0.15) is 38.8 Å². The summed E-state index contributed by atoms with van der Waals surface area (Å²) in [6.45, 7) is 3.80. The third-order valence-corrected chi connectivity index (χ3v) is 4.41. The lowest BCUT2D eigenvalue weighted by Crippen LogP contribution is -2.14. The fourth-order valence-corrected chi connectivity index (χ4v) is 2.85. The van der Waals surface area contributed by atoms with E-state index in [-0.39, 0.29) is 5.69 Å². The number of pyridine rings is 1. The van der Waals surface area contributed by atoms with E-state index in [0.29, 0.717) is 17.3 Å². The number of Topliss-reactive ketones (excluding diaryl/α,β-unsaturated/α-hetero) is 1.